The maximum atomic E-state index is 5.24. The fourth-order valence-electron chi connectivity index (χ4n) is 2.28. The number of nitrogens with zero attached hydrogens (tertiary/aromatic N) is 1. The zero-order valence-corrected chi connectivity index (χ0v) is 11.1. The maximum Gasteiger partial charge on any atom is 0.121 e. The van der Waals surface area contributed by atoms with Crippen LogP contribution >= 0.6 is 0 Å². The van der Waals surface area contributed by atoms with Gasteiger partial charge in [0.05, 0.1) is 12.6 Å². The lowest BCUT2D eigenvalue weighted by Gasteiger charge is -2.08. The summed E-state index contributed by atoms with van der Waals surface area (Å²) in [5.74, 6) is 0.840. The summed E-state index contributed by atoms with van der Waals surface area (Å²) >= 11 is 0. The Morgan fingerprint density at radius 1 is 0.947 bits per heavy atom. The first-order valence-electron chi connectivity index (χ1n) is 6.29. The number of rotatable bonds is 2. The van der Waals surface area contributed by atoms with Crippen LogP contribution in [0.4, 0.5) is 0 Å². The number of methoxy groups -OCH3 is 1. The number of hydrogen-bond acceptors (Lipinski definition) is 2. The van der Waals surface area contributed by atoms with E-state index in [-0.39, 0.29) is 0 Å². The Balaban J connectivity index is 2.20. The topological polar surface area (TPSA) is 22.1 Å². The van der Waals surface area contributed by atoms with E-state index in [1.165, 1.54) is 11.1 Å². The van der Waals surface area contributed by atoms with Crippen molar-refractivity contribution in [2.24, 2.45) is 0 Å². The Kier molecular flexibility index (Phi) is 2.92. The number of pyridine rings is 1. The largest absolute Gasteiger partial charge is 0.497 e. The number of aromatic nitrogens is 1. The maximum absolute atomic E-state index is 5.24. The summed E-state index contributed by atoms with van der Waals surface area (Å²) in [5, 5.41) is 1.13. The Morgan fingerprint density at radius 3 is 2.47 bits per heavy atom. The second kappa shape index (κ2) is 4.73. The number of aryl methyl sites for hydroxylation is 1. The van der Waals surface area contributed by atoms with Gasteiger partial charge in [0.2, 0.25) is 0 Å². The van der Waals surface area contributed by atoms with Gasteiger partial charge in [-0.25, -0.2) is 0 Å². The van der Waals surface area contributed by atoms with Crippen LogP contribution in [0.2, 0.25) is 0 Å². The molecule has 0 radical (unpaired) electrons. The van der Waals surface area contributed by atoms with Crippen molar-refractivity contribution < 1.29 is 4.74 Å². The number of benzene rings is 2. The van der Waals surface area contributed by atoms with Gasteiger partial charge in [0.25, 0.3) is 0 Å². The van der Waals surface area contributed by atoms with Crippen molar-refractivity contribution in [2.45, 2.75) is 6.92 Å². The standard InChI is InChI=1S/C17H15NO/c1-12-16(13-6-4-3-5-7-13)10-14-8-9-15(19-2)11-17(14)18-12/h3-11H,1-2H3. The summed E-state index contributed by atoms with van der Waals surface area (Å²) in [6, 6.07) is 18.5. The normalized spacial score (nSPS) is 10.6. The third-order valence-corrected chi connectivity index (χ3v) is 3.30. The van der Waals surface area contributed by atoms with Gasteiger partial charge in [-0.1, -0.05) is 30.3 Å². The van der Waals surface area contributed by atoms with E-state index in [4.69, 9.17) is 4.74 Å². The van der Waals surface area contributed by atoms with Crippen LogP contribution in [0.15, 0.2) is 54.6 Å². The summed E-state index contributed by atoms with van der Waals surface area (Å²) in [7, 11) is 1.67. The molecule has 2 heteroatoms. The van der Waals surface area contributed by atoms with E-state index in [0.717, 1.165) is 22.3 Å². The lowest BCUT2D eigenvalue weighted by atomic mass is 10.0. The van der Waals surface area contributed by atoms with Crippen molar-refractivity contribution in [1.82, 2.24) is 4.98 Å². The number of ether oxygens (including phenoxy) is 1. The molecule has 94 valence electrons. The SMILES string of the molecule is COc1ccc2cc(-c3ccccc3)c(C)nc2c1. The molecule has 0 bridgehead atoms. The van der Waals surface area contributed by atoms with Crippen LogP contribution < -0.4 is 4.74 Å². The fourth-order valence-corrected chi connectivity index (χ4v) is 2.28. The van der Waals surface area contributed by atoms with Gasteiger partial charge in [0.1, 0.15) is 5.75 Å². The first-order valence-corrected chi connectivity index (χ1v) is 6.29. The van der Waals surface area contributed by atoms with Crippen molar-refractivity contribution >= 4 is 10.9 Å². The summed E-state index contributed by atoms with van der Waals surface area (Å²) in [6.45, 7) is 2.04. The molecule has 0 aliphatic rings. The van der Waals surface area contributed by atoms with Gasteiger partial charge in [-0.05, 0) is 30.7 Å². The van der Waals surface area contributed by atoms with Crippen LogP contribution in [0.1, 0.15) is 5.69 Å². The fraction of sp³-hybridized carbons (Fsp3) is 0.118. The van der Waals surface area contributed by atoms with Crippen molar-refractivity contribution in [1.29, 1.82) is 0 Å². The highest BCUT2D eigenvalue weighted by Gasteiger charge is 2.06. The van der Waals surface area contributed by atoms with Crippen molar-refractivity contribution in [3.05, 3.63) is 60.3 Å². The highest BCUT2D eigenvalue weighted by Crippen LogP contribution is 2.27. The molecule has 0 unspecified atom stereocenters. The summed E-state index contributed by atoms with van der Waals surface area (Å²) in [6.07, 6.45) is 0. The summed E-state index contributed by atoms with van der Waals surface area (Å²) in [4.78, 5) is 4.68. The Labute approximate surface area is 112 Å². The molecule has 1 heterocycles. The molecule has 0 saturated carbocycles. The van der Waals surface area contributed by atoms with Crippen LogP contribution in [-0.2, 0) is 0 Å². The van der Waals surface area contributed by atoms with Crippen molar-refractivity contribution in [3.63, 3.8) is 0 Å². The monoisotopic (exact) mass is 249 g/mol. The number of hydrogen-bond donors (Lipinski definition) is 0. The molecular formula is C17H15NO. The molecule has 0 spiro atoms. The van der Waals surface area contributed by atoms with Crippen molar-refractivity contribution in [2.75, 3.05) is 7.11 Å². The minimum Gasteiger partial charge on any atom is -0.497 e. The molecule has 3 aromatic rings. The summed E-state index contributed by atoms with van der Waals surface area (Å²) in [5.41, 5.74) is 4.38. The van der Waals surface area contributed by atoms with Gasteiger partial charge in [-0.2, -0.15) is 0 Å². The molecule has 1 aromatic heterocycles. The molecule has 0 aliphatic heterocycles. The van der Waals surface area contributed by atoms with Gasteiger partial charge < -0.3 is 4.74 Å². The van der Waals surface area contributed by atoms with Gasteiger partial charge in [-0.3, -0.25) is 4.98 Å². The first-order chi connectivity index (χ1) is 9.28. The molecule has 2 nitrogen and oxygen atoms in total. The average molecular weight is 249 g/mol. The van der Waals surface area contributed by atoms with E-state index in [1.54, 1.807) is 7.11 Å². The van der Waals surface area contributed by atoms with E-state index >= 15 is 0 Å². The van der Waals surface area contributed by atoms with E-state index in [9.17, 15) is 0 Å². The van der Waals surface area contributed by atoms with Crippen LogP contribution in [0.5, 0.6) is 5.75 Å². The van der Waals surface area contributed by atoms with Gasteiger partial charge in [0.15, 0.2) is 0 Å². The predicted octanol–water partition coefficient (Wildman–Crippen LogP) is 4.22. The molecule has 0 aliphatic carbocycles. The zero-order valence-electron chi connectivity index (χ0n) is 11.1. The van der Waals surface area contributed by atoms with Crippen molar-refractivity contribution in [3.8, 4) is 16.9 Å². The third-order valence-electron chi connectivity index (χ3n) is 3.30. The highest BCUT2D eigenvalue weighted by molar-refractivity contribution is 5.85. The molecule has 0 fully saturated rings. The van der Waals surface area contributed by atoms with Gasteiger partial charge >= 0.3 is 0 Å². The van der Waals surface area contributed by atoms with Crippen LogP contribution in [0.25, 0.3) is 22.0 Å². The quantitative estimate of drug-likeness (QED) is 0.678. The molecule has 2 aromatic carbocycles. The lowest BCUT2D eigenvalue weighted by molar-refractivity contribution is 0.415. The molecule has 19 heavy (non-hydrogen) atoms. The molecule has 0 amide bonds. The average Bonchev–Trinajstić information content (AvgIpc) is 2.47. The minimum atomic E-state index is 0.840. The molecule has 0 N–H and O–H groups in total. The lowest BCUT2D eigenvalue weighted by Crippen LogP contribution is -1.90. The van der Waals surface area contributed by atoms with Gasteiger partial charge in [0, 0.05) is 22.7 Å². The highest BCUT2D eigenvalue weighted by atomic mass is 16.5. The van der Waals surface area contributed by atoms with E-state index in [2.05, 4.69) is 23.2 Å². The van der Waals surface area contributed by atoms with Gasteiger partial charge in [-0.15, -0.1) is 0 Å². The minimum absolute atomic E-state index is 0.840. The smallest absolute Gasteiger partial charge is 0.121 e. The zero-order chi connectivity index (χ0) is 13.2. The Bertz CT molecular complexity index is 720. The second-order valence-electron chi connectivity index (χ2n) is 4.55. The summed E-state index contributed by atoms with van der Waals surface area (Å²) < 4.78 is 5.24. The van der Waals surface area contributed by atoms with Crippen LogP contribution in [0, 0.1) is 6.92 Å². The van der Waals surface area contributed by atoms with Crippen LogP contribution in [0.3, 0.4) is 0 Å². The molecule has 0 atom stereocenters. The van der Waals surface area contributed by atoms with E-state index < -0.39 is 0 Å². The first kappa shape index (κ1) is 11.7. The predicted molar refractivity (Wildman–Crippen MR) is 78.5 cm³/mol. The molecular weight excluding hydrogens is 234 g/mol. The van der Waals surface area contributed by atoms with E-state index in [0.29, 0.717) is 0 Å². The third kappa shape index (κ3) is 2.17. The Morgan fingerprint density at radius 2 is 1.74 bits per heavy atom. The Hall–Kier alpha value is -2.35. The second-order valence-corrected chi connectivity index (χ2v) is 4.55. The number of fused-ring (bicyclic) bond motifs is 1. The molecule has 0 saturated heterocycles. The van der Waals surface area contributed by atoms with E-state index in [1.807, 2.05) is 43.3 Å². The molecule has 3 rings (SSSR count). The van der Waals surface area contributed by atoms with Crippen LogP contribution in [-0.4, -0.2) is 12.1 Å².